The van der Waals surface area contributed by atoms with E-state index in [0.717, 1.165) is 43.5 Å². The van der Waals surface area contributed by atoms with Gasteiger partial charge in [-0.1, -0.05) is 105 Å². The molecule has 1 heterocycles. The number of aromatic nitrogens is 2. The lowest BCUT2D eigenvalue weighted by molar-refractivity contribution is 0.208. The summed E-state index contributed by atoms with van der Waals surface area (Å²) >= 11 is 0. The van der Waals surface area contributed by atoms with E-state index in [1.165, 1.54) is 16.7 Å². The molecule has 0 fully saturated rings. The maximum Gasteiger partial charge on any atom is 0.206 e. The SMILES string of the molecule is CCN(CC)C(c1ccccc1)N(Cc1ccccc1)c1nc(NC)c(Cc2ccccc2)[nH]1. The topological polar surface area (TPSA) is 47.2 Å². The van der Waals surface area contributed by atoms with Gasteiger partial charge in [-0.05, 0) is 29.8 Å². The van der Waals surface area contributed by atoms with Gasteiger partial charge in [0.25, 0.3) is 0 Å². The van der Waals surface area contributed by atoms with Crippen LogP contribution in [-0.2, 0) is 13.0 Å². The lowest BCUT2D eigenvalue weighted by atomic mass is 10.1. The Bertz CT molecular complexity index is 1120. The van der Waals surface area contributed by atoms with Crippen molar-refractivity contribution in [3.8, 4) is 0 Å². The third-order valence-corrected chi connectivity index (χ3v) is 6.25. The molecule has 0 aliphatic heterocycles. The Morgan fingerprint density at radius 3 is 1.91 bits per heavy atom. The number of nitrogens with one attached hydrogen (secondary N) is 2. The summed E-state index contributed by atoms with van der Waals surface area (Å²) in [6.45, 7) is 7.08. The predicted molar refractivity (Wildman–Crippen MR) is 142 cm³/mol. The number of benzene rings is 3. The lowest BCUT2D eigenvalue weighted by Gasteiger charge is -2.39. The summed E-state index contributed by atoms with van der Waals surface area (Å²) in [6, 6.07) is 31.9. The molecule has 0 saturated heterocycles. The van der Waals surface area contributed by atoms with E-state index in [2.05, 4.69) is 125 Å². The number of H-pyrrole nitrogens is 1. The van der Waals surface area contributed by atoms with Crippen molar-refractivity contribution in [3.05, 3.63) is 113 Å². The summed E-state index contributed by atoms with van der Waals surface area (Å²) in [5.74, 6) is 1.77. The van der Waals surface area contributed by atoms with Gasteiger partial charge in [-0.2, -0.15) is 4.98 Å². The van der Waals surface area contributed by atoms with Crippen molar-refractivity contribution >= 4 is 11.8 Å². The molecule has 2 N–H and O–H groups in total. The van der Waals surface area contributed by atoms with Crippen LogP contribution in [0, 0.1) is 0 Å². The summed E-state index contributed by atoms with van der Waals surface area (Å²) in [5.41, 5.74) is 4.86. The normalized spacial score (nSPS) is 12.0. The molecule has 1 unspecified atom stereocenters. The minimum atomic E-state index is 0.0526. The van der Waals surface area contributed by atoms with Gasteiger partial charge >= 0.3 is 0 Å². The first kappa shape index (κ1) is 23.6. The zero-order valence-electron chi connectivity index (χ0n) is 20.4. The van der Waals surface area contributed by atoms with Crippen LogP contribution in [0.3, 0.4) is 0 Å². The van der Waals surface area contributed by atoms with E-state index in [9.17, 15) is 0 Å². The highest BCUT2D eigenvalue weighted by molar-refractivity contribution is 5.52. The maximum absolute atomic E-state index is 5.05. The Labute approximate surface area is 203 Å². The number of imidazole rings is 1. The molecule has 5 nitrogen and oxygen atoms in total. The van der Waals surface area contributed by atoms with Gasteiger partial charge in [0, 0.05) is 20.0 Å². The van der Waals surface area contributed by atoms with Gasteiger partial charge in [0.15, 0.2) is 0 Å². The molecule has 0 radical (unpaired) electrons. The molecule has 0 saturated carbocycles. The minimum Gasteiger partial charge on any atom is -0.372 e. The standard InChI is InChI=1S/C29H35N5/c1-4-33(5-2)28(25-19-13-8-14-20-25)34(22-24-17-11-7-12-18-24)29-31-26(27(30-3)32-29)21-23-15-9-6-10-16-23/h6-20,28,30H,4-5,21-22H2,1-3H3,(H,31,32). The molecule has 0 spiro atoms. The van der Waals surface area contributed by atoms with E-state index in [-0.39, 0.29) is 6.17 Å². The average Bonchev–Trinajstić information content (AvgIpc) is 3.30. The van der Waals surface area contributed by atoms with Crippen LogP contribution in [0.4, 0.5) is 11.8 Å². The molecule has 5 heteroatoms. The second-order valence-electron chi connectivity index (χ2n) is 8.42. The van der Waals surface area contributed by atoms with Gasteiger partial charge in [-0.3, -0.25) is 4.90 Å². The summed E-state index contributed by atoms with van der Waals surface area (Å²) in [5, 5.41) is 3.31. The summed E-state index contributed by atoms with van der Waals surface area (Å²) in [6.07, 6.45) is 0.849. The van der Waals surface area contributed by atoms with Gasteiger partial charge in [0.05, 0.1) is 5.69 Å². The van der Waals surface area contributed by atoms with E-state index in [0.29, 0.717) is 0 Å². The Kier molecular flexibility index (Phi) is 7.99. The number of rotatable bonds is 11. The van der Waals surface area contributed by atoms with E-state index < -0.39 is 0 Å². The molecule has 0 amide bonds. The van der Waals surface area contributed by atoms with Crippen LogP contribution in [0.2, 0.25) is 0 Å². The largest absolute Gasteiger partial charge is 0.372 e. The van der Waals surface area contributed by atoms with E-state index in [1.807, 2.05) is 7.05 Å². The fraction of sp³-hybridized carbons (Fsp3) is 0.276. The summed E-state index contributed by atoms with van der Waals surface area (Å²) < 4.78 is 0. The van der Waals surface area contributed by atoms with Crippen LogP contribution < -0.4 is 10.2 Å². The Hall–Kier alpha value is -3.57. The van der Waals surface area contributed by atoms with Gasteiger partial charge in [0.2, 0.25) is 5.95 Å². The Balaban J connectivity index is 1.79. The number of hydrogen-bond acceptors (Lipinski definition) is 4. The average molecular weight is 454 g/mol. The zero-order valence-corrected chi connectivity index (χ0v) is 20.4. The Morgan fingerprint density at radius 2 is 1.35 bits per heavy atom. The fourth-order valence-corrected chi connectivity index (χ4v) is 4.51. The fourth-order valence-electron chi connectivity index (χ4n) is 4.51. The lowest BCUT2D eigenvalue weighted by Crippen LogP contribution is -2.42. The molecule has 4 rings (SSSR count). The third kappa shape index (κ3) is 5.49. The third-order valence-electron chi connectivity index (χ3n) is 6.25. The molecular weight excluding hydrogens is 418 g/mol. The molecule has 176 valence electrons. The monoisotopic (exact) mass is 453 g/mol. The van der Waals surface area contributed by atoms with Crippen LogP contribution >= 0.6 is 0 Å². The molecular formula is C29H35N5. The number of hydrogen-bond donors (Lipinski definition) is 2. The number of anilines is 2. The van der Waals surface area contributed by atoms with Gasteiger partial charge in [-0.15, -0.1) is 0 Å². The summed E-state index contributed by atoms with van der Waals surface area (Å²) in [7, 11) is 1.94. The first-order valence-corrected chi connectivity index (χ1v) is 12.1. The van der Waals surface area contributed by atoms with Crippen molar-refractivity contribution in [2.75, 3.05) is 30.4 Å². The highest BCUT2D eigenvalue weighted by atomic mass is 15.4. The van der Waals surface area contributed by atoms with Crippen molar-refractivity contribution in [1.82, 2.24) is 14.9 Å². The molecule has 0 aliphatic rings. The maximum atomic E-state index is 5.05. The summed E-state index contributed by atoms with van der Waals surface area (Å²) in [4.78, 5) is 13.6. The first-order valence-electron chi connectivity index (χ1n) is 12.1. The van der Waals surface area contributed by atoms with Crippen molar-refractivity contribution in [1.29, 1.82) is 0 Å². The van der Waals surface area contributed by atoms with Crippen LogP contribution in [-0.4, -0.2) is 35.0 Å². The highest BCUT2D eigenvalue weighted by Crippen LogP contribution is 2.32. The van der Waals surface area contributed by atoms with Crippen LogP contribution in [0.5, 0.6) is 0 Å². The second kappa shape index (κ2) is 11.5. The van der Waals surface area contributed by atoms with E-state index in [1.54, 1.807) is 0 Å². The van der Waals surface area contributed by atoms with Crippen molar-refractivity contribution in [2.45, 2.75) is 33.0 Å². The number of nitrogens with zero attached hydrogens (tertiary/aromatic N) is 3. The van der Waals surface area contributed by atoms with Gasteiger partial charge < -0.3 is 15.2 Å². The molecule has 3 aromatic carbocycles. The minimum absolute atomic E-state index is 0.0526. The van der Waals surface area contributed by atoms with Crippen LogP contribution in [0.25, 0.3) is 0 Å². The van der Waals surface area contributed by atoms with Gasteiger partial charge in [0.1, 0.15) is 12.0 Å². The van der Waals surface area contributed by atoms with Crippen molar-refractivity contribution < 1.29 is 0 Å². The quantitative estimate of drug-likeness (QED) is 0.270. The molecule has 1 aromatic heterocycles. The smallest absolute Gasteiger partial charge is 0.206 e. The number of aromatic amines is 1. The molecule has 4 aromatic rings. The molecule has 0 aliphatic carbocycles. The van der Waals surface area contributed by atoms with Crippen molar-refractivity contribution in [3.63, 3.8) is 0 Å². The molecule has 34 heavy (non-hydrogen) atoms. The Morgan fingerprint density at radius 1 is 0.794 bits per heavy atom. The molecule has 0 bridgehead atoms. The van der Waals surface area contributed by atoms with E-state index >= 15 is 0 Å². The van der Waals surface area contributed by atoms with Crippen LogP contribution in [0.1, 0.15) is 42.4 Å². The highest BCUT2D eigenvalue weighted by Gasteiger charge is 2.28. The molecule has 1 atom stereocenters. The predicted octanol–water partition coefficient (Wildman–Crippen LogP) is 6.09. The second-order valence-corrected chi connectivity index (χ2v) is 8.42. The van der Waals surface area contributed by atoms with Crippen LogP contribution in [0.15, 0.2) is 91.0 Å². The zero-order chi connectivity index (χ0) is 23.8. The van der Waals surface area contributed by atoms with E-state index in [4.69, 9.17) is 4.98 Å². The van der Waals surface area contributed by atoms with Gasteiger partial charge in [-0.25, -0.2) is 0 Å². The first-order chi connectivity index (χ1) is 16.7. The van der Waals surface area contributed by atoms with Crippen molar-refractivity contribution in [2.24, 2.45) is 0 Å².